The van der Waals surface area contributed by atoms with Crippen molar-refractivity contribution >= 4 is 11.8 Å². The van der Waals surface area contributed by atoms with Gasteiger partial charge < -0.3 is 20.1 Å². The largest absolute Gasteiger partial charge is 0.493 e. The molecule has 1 aliphatic heterocycles. The Morgan fingerprint density at radius 1 is 1.25 bits per heavy atom. The molecule has 1 aromatic rings. The molecule has 132 valence electrons. The molecule has 24 heavy (non-hydrogen) atoms. The van der Waals surface area contributed by atoms with Gasteiger partial charge in [-0.1, -0.05) is 13.8 Å². The molecule has 1 fully saturated rings. The van der Waals surface area contributed by atoms with Crippen LogP contribution in [0.15, 0.2) is 18.2 Å². The number of hydrogen-bond donors (Lipinski definition) is 1. The molecule has 1 aliphatic rings. The fraction of sp³-hybridized carbons (Fsp3) is 0.556. The van der Waals surface area contributed by atoms with Crippen LogP contribution in [-0.4, -0.2) is 43.5 Å². The van der Waals surface area contributed by atoms with Crippen LogP contribution in [0.4, 0.5) is 0 Å². The molecule has 2 rings (SSSR count). The highest BCUT2D eigenvalue weighted by molar-refractivity contribution is 5.95. The maximum Gasteiger partial charge on any atom is 0.253 e. The molecule has 0 spiro atoms. The minimum atomic E-state index is -0.282. The van der Waals surface area contributed by atoms with Gasteiger partial charge in [0.15, 0.2) is 11.5 Å². The molecule has 1 aromatic carbocycles. The smallest absolute Gasteiger partial charge is 0.253 e. The molecule has 1 heterocycles. The van der Waals surface area contributed by atoms with E-state index < -0.39 is 0 Å². The summed E-state index contributed by atoms with van der Waals surface area (Å²) in [7, 11) is 1.56. The van der Waals surface area contributed by atoms with Gasteiger partial charge in [-0.3, -0.25) is 9.59 Å². The average Bonchev–Trinajstić information content (AvgIpc) is 2.59. The van der Waals surface area contributed by atoms with Crippen LogP contribution in [0.5, 0.6) is 11.5 Å². The Hall–Kier alpha value is -2.24. The molecule has 2 amide bonds. The topological polar surface area (TPSA) is 81.9 Å². The van der Waals surface area contributed by atoms with Gasteiger partial charge in [-0.15, -0.1) is 0 Å². The lowest BCUT2D eigenvalue weighted by atomic mass is 9.96. The molecule has 6 nitrogen and oxygen atoms in total. The first-order valence-electron chi connectivity index (χ1n) is 8.31. The van der Waals surface area contributed by atoms with E-state index in [9.17, 15) is 9.59 Å². The summed E-state index contributed by atoms with van der Waals surface area (Å²) < 4.78 is 11.1. The molecule has 0 bridgehead atoms. The van der Waals surface area contributed by atoms with Crippen LogP contribution in [0, 0.1) is 11.8 Å². The van der Waals surface area contributed by atoms with E-state index in [-0.39, 0.29) is 17.7 Å². The summed E-state index contributed by atoms with van der Waals surface area (Å²) in [5.74, 6) is 1.11. The second-order valence-electron chi connectivity index (χ2n) is 6.54. The Morgan fingerprint density at radius 2 is 1.92 bits per heavy atom. The molecule has 0 atom stereocenters. The minimum Gasteiger partial charge on any atom is -0.493 e. The van der Waals surface area contributed by atoms with Crippen molar-refractivity contribution in [2.24, 2.45) is 17.6 Å². The highest BCUT2D eigenvalue weighted by Gasteiger charge is 2.26. The molecule has 6 heteroatoms. The second-order valence-corrected chi connectivity index (χ2v) is 6.54. The van der Waals surface area contributed by atoms with Gasteiger partial charge >= 0.3 is 0 Å². The number of ether oxygens (including phenoxy) is 2. The SMILES string of the molecule is COc1cc(C(=O)N2CCC(C(N)=O)CC2)ccc1OCC(C)C. The van der Waals surface area contributed by atoms with Crippen molar-refractivity contribution in [1.82, 2.24) is 4.90 Å². The molecule has 0 aromatic heterocycles. The Kier molecular flexibility index (Phi) is 6.06. The second kappa shape index (κ2) is 8.04. The third-order valence-electron chi connectivity index (χ3n) is 4.17. The van der Waals surface area contributed by atoms with Gasteiger partial charge in [0.25, 0.3) is 5.91 Å². The predicted octanol–water partition coefficient (Wildman–Crippen LogP) is 2.07. The maximum atomic E-state index is 12.6. The van der Waals surface area contributed by atoms with Crippen LogP contribution in [0.3, 0.4) is 0 Å². The summed E-state index contributed by atoms with van der Waals surface area (Å²) in [5.41, 5.74) is 5.89. The van der Waals surface area contributed by atoms with Gasteiger partial charge in [-0.05, 0) is 37.0 Å². The lowest BCUT2D eigenvalue weighted by Gasteiger charge is -2.30. The quantitative estimate of drug-likeness (QED) is 0.863. The Morgan fingerprint density at radius 3 is 2.46 bits per heavy atom. The minimum absolute atomic E-state index is 0.0633. The molecule has 1 saturated heterocycles. The number of amides is 2. The molecule has 0 unspecified atom stereocenters. The lowest BCUT2D eigenvalue weighted by molar-refractivity contribution is -0.123. The van der Waals surface area contributed by atoms with E-state index in [1.807, 2.05) is 0 Å². The number of benzene rings is 1. The number of hydrogen-bond acceptors (Lipinski definition) is 4. The van der Waals surface area contributed by atoms with Crippen molar-refractivity contribution in [2.75, 3.05) is 26.8 Å². The molecule has 0 saturated carbocycles. The van der Waals surface area contributed by atoms with Gasteiger partial charge in [-0.2, -0.15) is 0 Å². The van der Waals surface area contributed by atoms with Gasteiger partial charge in [0.05, 0.1) is 13.7 Å². The van der Waals surface area contributed by atoms with Gasteiger partial charge in [0.1, 0.15) is 0 Å². The average molecular weight is 334 g/mol. The number of nitrogens with zero attached hydrogens (tertiary/aromatic N) is 1. The van der Waals surface area contributed by atoms with Crippen LogP contribution in [0.2, 0.25) is 0 Å². The molecular weight excluding hydrogens is 308 g/mol. The number of methoxy groups -OCH3 is 1. The fourth-order valence-electron chi connectivity index (χ4n) is 2.73. The zero-order valence-corrected chi connectivity index (χ0v) is 14.6. The Bertz CT molecular complexity index is 593. The van der Waals surface area contributed by atoms with Crippen molar-refractivity contribution in [3.05, 3.63) is 23.8 Å². The van der Waals surface area contributed by atoms with Crippen molar-refractivity contribution in [3.8, 4) is 11.5 Å². The summed E-state index contributed by atoms with van der Waals surface area (Å²) in [6.45, 7) is 5.81. The molecule has 0 radical (unpaired) electrons. The van der Waals surface area contributed by atoms with Crippen molar-refractivity contribution < 1.29 is 19.1 Å². The predicted molar refractivity (Wildman–Crippen MR) is 91.1 cm³/mol. The van der Waals surface area contributed by atoms with Gasteiger partial charge in [0, 0.05) is 24.6 Å². The van der Waals surface area contributed by atoms with Crippen LogP contribution in [0.1, 0.15) is 37.0 Å². The zero-order chi connectivity index (χ0) is 17.7. The normalized spacial score (nSPS) is 15.4. The van der Waals surface area contributed by atoms with Crippen molar-refractivity contribution in [3.63, 3.8) is 0 Å². The van der Waals surface area contributed by atoms with E-state index in [0.29, 0.717) is 55.5 Å². The Labute approximate surface area is 142 Å². The summed E-state index contributed by atoms with van der Waals surface area (Å²) in [5, 5.41) is 0. The maximum absolute atomic E-state index is 12.6. The first-order valence-corrected chi connectivity index (χ1v) is 8.31. The number of rotatable bonds is 6. The summed E-state index contributed by atoms with van der Waals surface area (Å²) in [6, 6.07) is 5.23. The highest BCUT2D eigenvalue weighted by Crippen LogP contribution is 2.29. The van der Waals surface area contributed by atoms with E-state index in [1.54, 1.807) is 30.2 Å². The third kappa shape index (κ3) is 4.40. The van der Waals surface area contributed by atoms with Crippen LogP contribution in [0.25, 0.3) is 0 Å². The highest BCUT2D eigenvalue weighted by atomic mass is 16.5. The summed E-state index contributed by atoms with van der Waals surface area (Å²) in [6.07, 6.45) is 1.24. The number of carbonyl (C=O) groups is 2. The summed E-state index contributed by atoms with van der Waals surface area (Å²) >= 11 is 0. The lowest BCUT2D eigenvalue weighted by Crippen LogP contribution is -2.41. The molecular formula is C18H26N2O4. The van der Waals surface area contributed by atoms with Crippen molar-refractivity contribution in [1.29, 1.82) is 0 Å². The van der Waals surface area contributed by atoms with Gasteiger partial charge in [0.2, 0.25) is 5.91 Å². The van der Waals surface area contributed by atoms with E-state index in [0.717, 1.165) is 0 Å². The van der Waals surface area contributed by atoms with Crippen LogP contribution >= 0.6 is 0 Å². The zero-order valence-electron chi connectivity index (χ0n) is 14.6. The number of nitrogens with two attached hydrogens (primary N) is 1. The Balaban J connectivity index is 2.06. The standard InChI is InChI=1S/C18H26N2O4/c1-12(2)11-24-15-5-4-14(10-16(15)23-3)18(22)20-8-6-13(7-9-20)17(19)21/h4-5,10,12-13H,6-9,11H2,1-3H3,(H2,19,21). The van der Waals surface area contributed by atoms with Crippen LogP contribution < -0.4 is 15.2 Å². The first-order chi connectivity index (χ1) is 11.4. The third-order valence-corrected chi connectivity index (χ3v) is 4.17. The number of carbonyl (C=O) groups excluding carboxylic acids is 2. The van der Waals surface area contributed by atoms with Crippen molar-refractivity contribution in [2.45, 2.75) is 26.7 Å². The number of likely N-dealkylation sites (tertiary alicyclic amines) is 1. The number of piperidine rings is 1. The molecule has 0 aliphatic carbocycles. The fourth-order valence-corrected chi connectivity index (χ4v) is 2.73. The van der Waals surface area contributed by atoms with Crippen LogP contribution in [-0.2, 0) is 4.79 Å². The first kappa shape index (κ1) is 18.1. The van der Waals surface area contributed by atoms with Gasteiger partial charge in [-0.25, -0.2) is 0 Å². The monoisotopic (exact) mass is 334 g/mol. The number of primary amides is 1. The van der Waals surface area contributed by atoms with E-state index in [4.69, 9.17) is 15.2 Å². The molecule has 2 N–H and O–H groups in total. The van der Waals surface area contributed by atoms with E-state index in [1.165, 1.54) is 0 Å². The van der Waals surface area contributed by atoms with E-state index in [2.05, 4.69) is 13.8 Å². The van der Waals surface area contributed by atoms with E-state index >= 15 is 0 Å². The summed E-state index contributed by atoms with van der Waals surface area (Å²) in [4.78, 5) is 25.6.